The molecule has 2 rings (SSSR count). The van der Waals surface area contributed by atoms with E-state index in [0.717, 1.165) is 16.0 Å². The van der Waals surface area contributed by atoms with E-state index in [4.69, 9.17) is 0 Å². The van der Waals surface area contributed by atoms with Gasteiger partial charge in [0.2, 0.25) is 0 Å². The largest absolute Gasteiger partial charge is 0.480 e. The van der Waals surface area contributed by atoms with Crippen molar-refractivity contribution in [1.82, 2.24) is 0 Å². The molecule has 0 fully saturated rings. The maximum Gasteiger partial charge on any atom is 0.317 e. The number of rotatable bonds is 5. The molecule has 1 N–H and O–H groups in total. The number of carboxylic acid groups (broad SMARTS) is 1. The zero-order chi connectivity index (χ0) is 14.5. The molecule has 0 spiro atoms. The number of thioether (sulfide) groups is 1. The van der Waals surface area contributed by atoms with E-state index in [9.17, 15) is 9.90 Å². The molecule has 0 unspecified atom stereocenters. The molecule has 0 aliphatic carbocycles. The van der Waals surface area contributed by atoms with Crippen LogP contribution in [0.4, 0.5) is 0 Å². The minimum absolute atomic E-state index is 0.459. The summed E-state index contributed by atoms with van der Waals surface area (Å²) in [6.45, 7) is 4.04. The summed E-state index contributed by atoms with van der Waals surface area (Å²) in [4.78, 5) is 12.4. The summed E-state index contributed by atoms with van der Waals surface area (Å²) in [7, 11) is 0. The van der Waals surface area contributed by atoms with Crippen LogP contribution in [-0.2, 0) is 11.2 Å². The molecule has 0 saturated heterocycles. The summed E-state index contributed by atoms with van der Waals surface area (Å²) in [6.07, 6.45) is 0.537. The van der Waals surface area contributed by atoms with E-state index in [2.05, 4.69) is 0 Å². The lowest BCUT2D eigenvalue weighted by atomic mass is 10.1. The van der Waals surface area contributed by atoms with Crippen LogP contribution < -0.4 is 0 Å². The molecule has 2 aromatic rings. The fraction of sp³-hybridized carbons (Fsp3) is 0.235. The van der Waals surface area contributed by atoms with E-state index in [1.807, 2.05) is 62.4 Å². The van der Waals surface area contributed by atoms with Gasteiger partial charge in [0.05, 0.1) is 0 Å². The second-order valence-corrected chi connectivity index (χ2v) is 6.23. The van der Waals surface area contributed by atoms with Gasteiger partial charge in [0.25, 0.3) is 0 Å². The molecule has 3 heteroatoms. The van der Waals surface area contributed by atoms with Gasteiger partial charge in [-0.3, -0.25) is 4.79 Å². The number of carbonyl (C=O) groups is 1. The Morgan fingerprint density at radius 3 is 2.40 bits per heavy atom. The van der Waals surface area contributed by atoms with Crippen molar-refractivity contribution in [3.05, 3.63) is 65.2 Å². The first kappa shape index (κ1) is 14.7. The Balaban J connectivity index is 2.11. The summed E-state index contributed by atoms with van der Waals surface area (Å²) < 4.78 is 0. The highest BCUT2D eigenvalue weighted by atomic mass is 32.2. The Morgan fingerprint density at radius 2 is 1.80 bits per heavy atom. The second-order valence-electron chi connectivity index (χ2n) is 4.95. The zero-order valence-electron chi connectivity index (χ0n) is 11.7. The molecule has 0 amide bonds. The van der Waals surface area contributed by atoms with Crippen molar-refractivity contribution in [2.75, 3.05) is 0 Å². The minimum atomic E-state index is -0.767. The molecule has 1 atom stereocenters. The predicted molar refractivity (Wildman–Crippen MR) is 83.3 cm³/mol. The highest BCUT2D eigenvalue weighted by Crippen LogP contribution is 2.26. The summed E-state index contributed by atoms with van der Waals surface area (Å²) >= 11 is 1.41. The highest BCUT2D eigenvalue weighted by Gasteiger charge is 2.19. The molecule has 20 heavy (non-hydrogen) atoms. The highest BCUT2D eigenvalue weighted by molar-refractivity contribution is 8.00. The van der Waals surface area contributed by atoms with Gasteiger partial charge in [0.1, 0.15) is 5.25 Å². The van der Waals surface area contributed by atoms with Gasteiger partial charge in [-0.25, -0.2) is 0 Å². The van der Waals surface area contributed by atoms with Crippen molar-refractivity contribution in [2.24, 2.45) is 0 Å². The average Bonchev–Trinajstić information content (AvgIpc) is 2.40. The summed E-state index contributed by atoms with van der Waals surface area (Å²) in [5, 5.41) is 8.94. The summed E-state index contributed by atoms with van der Waals surface area (Å²) in [5.41, 5.74) is 3.41. The standard InChI is InChI=1S/C17H18O2S/c1-12-6-8-15(9-7-12)20-16(17(18)19)11-14-5-3-4-13(2)10-14/h3-10,16H,11H2,1-2H3,(H,18,19)/t16-/m0/s1. The second kappa shape index (κ2) is 6.62. The average molecular weight is 286 g/mol. The molecular weight excluding hydrogens is 268 g/mol. The number of benzene rings is 2. The van der Waals surface area contributed by atoms with Crippen molar-refractivity contribution in [3.8, 4) is 0 Å². The zero-order valence-corrected chi connectivity index (χ0v) is 12.5. The van der Waals surface area contributed by atoms with E-state index in [1.54, 1.807) is 0 Å². The van der Waals surface area contributed by atoms with Crippen LogP contribution in [-0.4, -0.2) is 16.3 Å². The molecule has 0 aliphatic rings. The minimum Gasteiger partial charge on any atom is -0.480 e. The SMILES string of the molecule is Cc1ccc(S[C@@H](Cc2cccc(C)c2)C(=O)O)cc1. The first-order valence-electron chi connectivity index (χ1n) is 6.56. The third-order valence-corrected chi connectivity index (χ3v) is 4.28. The normalized spacial score (nSPS) is 12.1. The number of hydrogen-bond acceptors (Lipinski definition) is 2. The lowest BCUT2D eigenvalue weighted by Gasteiger charge is -2.12. The third-order valence-electron chi connectivity index (χ3n) is 3.08. The number of carboxylic acids is 1. The van der Waals surface area contributed by atoms with Crippen molar-refractivity contribution >= 4 is 17.7 Å². The molecule has 0 radical (unpaired) electrons. The van der Waals surface area contributed by atoms with Gasteiger partial charge in [-0.1, -0.05) is 47.5 Å². The van der Waals surface area contributed by atoms with Crippen molar-refractivity contribution in [1.29, 1.82) is 0 Å². The Kier molecular flexibility index (Phi) is 4.85. The van der Waals surface area contributed by atoms with Crippen molar-refractivity contribution in [3.63, 3.8) is 0 Å². The van der Waals surface area contributed by atoms with Gasteiger partial charge < -0.3 is 5.11 Å². The van der Waals surface area contributed by atoms with Crippen LogP contribution in [0.5, 0.6) is 0 Å². The Labute approximate surface area is 123 Å². The molecule has 0 aliphatic heterocycles. The lowest BCUT2D eigenvalue weighted by Crippen LogP contribution is -2.19. The van der Waals surface area contributed by atoms with Crippen LogP contribution in [0, 0.1) is 13.8 Å². The van der Waals surface area contributed by atoms with Crippen LogP contribution in [0.1, 0.15) is 16.7 Å². The lowest BCUT2D eigenvalue weighted by molar-refractivity contribution is -0.136. The fourth-order valence-corrected chi connectivity index (χ4v) is 3.01. The van der Waals surface area contributed by atoms with E-state index in [-0.39, 0.29) is 0 Å². The molecule has 0 saturated carbocycles. The number of hydrogen-bond donors (Lipinski definition) is 1. The number of aryl methyl sites for hydroxylation is 2. The van der Waals surface area contributed by atoms with Crippen molar-refractivity contribution < 1.29 is 9.90 Å². The van der Waals surface area contributed by atoms with Crippen LogP contribution >= 0.6 is 11.8 Å². The molecule has 2 aromatic carbocycles. The molecule has 0 aromatic heterocycles. The molecule has 2 nitrogen and oxygen atoms in total. The van der Waals surface area contributed by atoms with E-state index in [1.165, 1.54) is 17.3 Å². The Bertz CT molecular complexity index is 590. The maximum atomic E-state index is 11.4. The van der Waals surface area contributed by atoms with Crippen LogP contribution in [0.25, 0.3) is 0 Å². The van der Waals surface area contributed by atoms with Crippen LogP contribution in [0.2, 0.25) is 0 Å². The van der Waals surface area contributed by atoms with Gasteiger partial charge >= 0.3 is 5.97 Å². The predicted octanol–water partition coefficient (Wildman–Crippen LogP) is 4.09. The molecule has 0 heterocycles. The van der Waals surface area contributed by atoms with E-state index in [0.29, 0.717) is 6.42 Å². The fourth-order valence-electron chi connectivity index (χ4n) is 2.01. The molecular formula is C17H18O2S. The number of aliphatic carboxylic acids is 1. The van der Waals surface area contributed by atoms with Crippen molar-refractivity contribution in [2.45, 2.75) is 30.4 Å². The first-order chi connectivity index (χ1) is 9.54. The monoisotopic (exact) mass is 286 g/mol. The first-order valence-corrected chi connectivity index (χ1v) is 7.44. The molecule has 0 bridgehead atoms. The van der Waals surface area contributed by atoms with Gasteiger partial charge in [0.15, 0.2) is 0 Å². The summed E-state index contributed by atoms with van der Waals surface area (Å²) in [5.74, 6) is -0.767. The topological polar surface area (TPSA) is 37.3 Å². The van der Waals surface area contributed by atoms with E-state index >= 15 is 0 Å². The Morgan fingerprint density at radius 1 is 1.10 bits per heavy atom. The van der Waals surface area contributed by atoms with E-state index < -0.39 is 11.2 Å². The quantitative estimate of drug-likeness (QED) is 0.841. The van der Waals surface area contributed by atoms with Crippen LogP contribution in [0.3, 0.4) is 0 Å². The smallest absolute Gasteiger partial charge is 0.317 e. The van der Waals surface area contributed by atoms with Gasteiger partial charge in [-0.2, -0.15) is 0 Å². The van der Waals surface area contributed by atoms with Gasteiger partial charge in [0, 0.05) is 4.90 Å². The maximum absolute atomic E-state index is 11.4. The summed E-state index contributed by atoms with van der Waals surface area (Å²) in [6, 6.07) is 16.0. The van der Waals surface area contributed by atoms with Gasteiger partial charge in [-0.05, 0) is 38.0 Å². The van der Waals surface area contributed by atoms with Crippen LogP contribution in [0.15, 0.2) is 53.4 Å². The molecule has 104 valence electrons. The van der Waals surface area contributed by atoms with Gasteiger partial charge in [-0.15, -0.1) is 11.8 Å². The Hall–Kier alpha value is -1.74. The third kappa shape index (κ3) is 4.14.